The lowest BCUT2D eigenvalue weighted by atomic mass is 9.98. The van der Waals surface area contributed by atoms with Gasteiger partial charge in [0, 0.05) is 19.0 Å². The smallest absolute Gasteiger partial charge is 0.140 e. The van der Waals surface area contributed by atoms with Crippen molar-refractivity contribution >= 4 is 5.84 Å². The molecule has 2 unspecified atom stereocenters. The van der Waals surface area contributed by atoms with Crippen LogP contribution in [0.1, 0.15) is 39.5 Å². The van der Waals surface area contributed by atoms with Gasteiger partial charge in [0.05, 0.1) is 5.60 Å². The lowest BCUT2D eigenvalue weighted by molar-refractivity contribution is 0.0434. The van der Waals surface area contributed by atoms with Crippen LogP contribution in [-0.4, -0.2) is 45.8 Å². The van der Waals surface area contributed by atoms with E-state index in [0.29, 0.717) is 6.42 Å². The number of hydrogen-bond donors (Lipinski definition) is 3. The summed E-state index contributed by atoms with van der Waals surface area (Å²) in [4.78, 5) is 2.29. The maximum absolute atomic E-state index is 9.97. The Bertz CT molecular complexity index is 254. The molecule has 0 amide bonds. The molecular formula is C11H23N3O2. The predicted molar refractivity (Wildman–Crippen MR) is 63.5 cm³/mol. The molecule has 0 aliphatic carbocycles. The van der Waals surface area contributed by atoms with E-state index in [0.717, 1.165) is 32.4 Å². The fourth-order valence-corrected chi connectivity index (χ4v) is 2.20. The second kappa shape index (κ2) is 5.50. The lowest BCUT2D eigenvalue weighted by Gasteiger charge is -2.27. The predicted octanol–water partition coefficient (Wildman–Crippen LogP) is 0.748. The van der Waals surface area contributed by atoms with Crippen LogP contribution in [0.3, 0.4) is 0 Å². The van der Waals surface area contributed by atoms with Crippen LogP contribution >= 0.6 is 0 Å². The Hall–Kier alpha value is -0.810. The monoisotopic (exact) mass is 229 g/mol. The summed E-state index contributed by atoms with van der Waals surface area (Å²) in [6, 6.07) is 0.254. The van der Waals surface area contributed by atoms with Gasteiger partial charge in [-0.1, -0.05) is 5.16 Å². The van der Waals surface area contributed by atoms with Crippen LogP contribution in [0.25, 0.3) is 0 Å². The molecular weight excluding hydrogens is 206 g/mol. The summed E-state index contributed by atoms with van der Waals surface area (Å²) in [5.41, 5.74) is 4.96. The molecule has 0 radical (unpaired) electrons. The molecule has 1 aliphatic heterocycles. The molecule has 0 bridgehead atoms. The highest BCUT2D eigenvalue weighted by Gasteiger charge is 2.27. The Morgan fingerprint density at radius 2 is 2.19 bits per heavy atom. The van der Waals surface area contributed by atoms with Crippen molar-refractivity contribution in [2.24, 2.45) is 10.9 Å². The van der Waals surface area contributed by atoms with Crippen molar-refractivity contribution in [1.29, 1.82) is 0 Å². The van der Waals surface area contributed by atoms with E-state index in [1.807, 2.05) is 6.92 Å². The first kappa shape index (κ1) is 13.3. The number of rotatable bonds is 3. The van der Waals surface area contributed by atoms with Gasteiger partial charge in [0.15, 0.2) is 0 Å². The minimum atomic E-state index is -0.537. The Balaban J connectivity index is 2.48. The Kier molecular flexibility index (Phi) is 4.56. The first-order chi connectivity index (χ1) is 7.44. The Labute approximate surface area is 96.9 Å². The maximum atomic E-state index is 9.97. The van der Waals surface area contributed by atoms with Crippen LogP contribution in [0.15, 0.2) is 5.16 Å². The summed E-state index contributed by atoms with van der Waals surface area (Å²) >= 11 is 0. The topological polar surface area (TPSA) is 82.1 Å². The van der Waals surface area contributed by atoms with Gasteiger partial charge in [0.1, 0.15) is 5.84 Å². The van der Waals surface area contributed by atoms with Gasteiger partial charge in [-0.05, 0) is 39.7 Å². The molecule has 16 heavy (non-hydrogen) atoms. The first-order valence-electron chi connectivity index (χ1n) is 5.87. The van der Waals surface area contributed by atoms with E-state index in [1.165, 1.54) is 0 Å². The zero-order chi connectivity index (χ0) is 12.2. The quantitative estimate of drug-likeness (QED) is 0.289. The SMILES string of the molecule is CC(CC(N)=NO)N1CCCC(C)(O)CC1. The molecule has 94 valence electrons. The van der Waals surface area contributed by atoms with Crippen molar-refractivity contribution < 1.29 is 10.3 Å². The second-order valence-corrected chi connectivity index (χ2v) is 5.03. The third-order valence-corrected chi connectivity index (χ3v) is 3.35. The van der Waals surface area contributed by atoms with E-state index in [-0.39, 0.29) is 11.9 Å². The normalized spacial score (nSPS) is 31.1. The molecule has 0 spiro atoms. The molecule has 1 aliphatic rings. The third kappa shape index (κ3) is 3.98. The summed E-state index contributed by atoms with van der Waals surface area (Å²) in [6.45, 7) is 5.80. The van der Waals surface area contributed by atoms with Crippen molar-refractivity contribution in [1.82, 2.24) is 4.90 Å². The average molecular weight is 229 g/mol. The van der Waals surface area contributed by atoms with Crippen molar-refractivity contribution in [2.45, 2.75) is 51.2 Å². The molecule has 2 atom stereocenters. The van der Waals surface area contributed by atoms with E-state index >= 15 is 0 Å². The molecule has 0 aromatic rings. The van der Waals surface area contributed by atoms with Gasteiger partial charge in [-0.15, -0.1) is 0 Å². The van der Waals surface area contributed by atoms with Crippen LogP contribution in [0, 0.1) is 0 Å². The highest BCUT2D eigenvalue weighted by atomic mass is 16.4. The number of hydrogen-bond acceptors (Lipinski definition) is 4. The third-order valence-electron chi connectivity index (χ3n) is 3.35. The Morgan fingerprint density at radius 1 is 1.50 bits per heavy atom. The standard InChI is InChI=1S/C11H23N3O2/c1-9(8-10(12)13-16)14-6-3-4-11(2,15)5-7-14/h9,15-16H,3-8H2,1-2H3,(H2,12,13). The van der Waals surface area contributed by atoms with Crippen molar-refractivity contribution in [3.63, 3.8) is 0 Å². The fourth-order valence-electron chi connectivity index (χ4n) is 2.20. The van der Waals surface area contributed by atoms with Gasteiger partial charge in [0.25, 0.3) is 0 Å². The molecule has 1 saturated heterocycles. The van der Waals surface area contributed by atoms with Gasteiger partial charge in [-0.25, -0.2) is 0 Å². The van der Waals surface area contributed by atoms with Crippen molar-refractivity contribution in [2.75, 3.05) is 13.1 Å². The van der Waals surface area contributed by atoms with Gasteiger partial charge in [0.2, 0.25) is 0 Å². The maximum Gasteiger partial charge on any atom is 0.140 e. The highest BCUT2D eigenvalue weighted by Crippen LogP contribution is 2.22. The summed E-state index contributed by atoms with van der Waals surface area (Å²) in [6.07, 6.45) is 3.19. The molecule has 0 aromatic heterocycles. The van der Waals surface area contributed by atoms with Crippen LogP contribution in [-0.2, 0) is 0 Å². The number of likely N-dealkylation sites (tertiary alicyclic amines) is 1. The molecule has 0 saturated carbocycles. The molecule has 1 rings (SSSR count). The number of amidine groups is 1. The van der Waals surface area contributed by atoms with E-state index in [2.05, 4.69) is 17.0 Å². The fraction of sp³-hybridized carbons (Fsp3) is 0.909. The minimum Gasteiger partial charge on any atom is -0.409 e. The molecule has 5 nitrogen and oxygen atoms in total. The van der Waals surface area contributed by atoms with E-state index < -0.39 is 5.60 Å². The Morgan fingerprint density at radius 3 is 2.81 bits per heavy atom. The van der Waals surface area contributed by atoms with E-state index in [9.17, 15) is 5.11 Å². The van der Waals surface area contributed by atoms with E-state index in [1.54, 1.807) is 0 Å². The number of oxime groups is 1. The summed E-state index contributed by atoms with van der Waals surface area (Å²) in [7, 11) is 0. The molecule has 1 heterocycles. The first-order valence-corrected chi connectivity index (χ1v) is 5.87. The largest absolute Gasteiger partial charge is 0.409 e. The summed E-state index contributed by atoms with van der Waals surface area (Å²) in [5.74, 6) is 0.267. The molecule has 0 aromatic carbocycles. The van der Waals surface area contributed by atoms with Crippen LogP contribution in [0.2, 0.25) is 0 Å². The molecule has 5 heteroatoms. The van der Waals surface area contributed by atoms with E-state index in [4.69, 9.17) is 10.9 Å². The van der Waals surface area contributed by atoms with Gasteiger partial charge in [-0.2, -0.15) is 0 Å². The summed E-state index contributed by atoms with van der Waals surface area (Å²) < 4.78 is 0. The zero-order valence-electron chi connectivity index (χ0n) is 10.2. The van der Waals surface area contributed by atoms with Crippen LogP contribution in [0.5, 0.6) is 0 Å². The summed E-state index contributed by atoms with van der Waals surface area (Å²) in [5, 5.41) is 21.5. The van der Waals surface area contributed by atoms with Crippen LogP contribution < -0.4 is 5.73 Å². The van der Waals surface area contributed by atoms with Gasteiger partial charge in [-0.3, -0.25) is 0 Å². The van der Waals surface area contributed by atoms with Crippen LogP contribution in [0.4, 0.5) is 0 Å². The van der Waals surface area contributed by atoms with Crippen molar-refractivity contribution in [3.05, 3.63) is 0 Å². The number of aliphatic hydroxyl groups is 1. The second-order valence-electron chi connectivity index (χ2n) is 5.03. The average Bonchev–Trinajstić information content (AvgIpc) is 2.39. The highest BCUT2D eigenvalue weighted by molar-refractivity contribution is 5.80. The van der Waals surface area contributed by atoms with Gasteiger partial charge < -0.3 is 20.9 Å². The number of nitrogens with two attached hydrogens (primary N) is 1. The van der Waals surface area contributed by atoms with Gasteiger partial charge >= 0.3 is 0 Å². The zero-order valence-corrected chi connectivity index (χ0v) is 10.2. The number of nitrogens with zero attached hydrogens (tertiary/aromatic N) is 2. The lowest BCUT2D eigenvalue weighted by Crippen LogP contribution is -2.37. The van der Waals surface area contributed by atoms with Crippen molar-refractivity contribution in [3.8, 4) is 0 Å². The molecule has 1 fully saturated rings. The molecule has 4 N–H and O–H groups in total. The minimum absolute atomic E-state index is 0.254.